The molecule has 1 saturated heterocycles. The molecule has 3 aromatic rings. The molecule has 0 saturated carbocycles. The smallest absolute Gasteiger partial charge is 0.293 e. The van der Waals surface area contributed by atoms with Gasteiger partial charge in [0.15, 0.2) is 11.5 Å². The van der Waals surface area contributed by atoms with Crippen LogP contribution in [0.2, 0.25) is 0 Å². The maximum absolute atomic E-state index is 12.8. The van der Waals surface area contributed by atoms with Crippen LogP contribution in [0.15, 0.2) is 82.2 Å². The molecule has 0 radical (unpaired) electrons. The molecule has 0 atom stereocenters. The zero-order valence-electron chi connectivity index (χ0n) is 18.4. The summed E-state index contributed by atoms with van der Waals surface area (Å²) >= 11 is 4.34. The Balaban J connectivity index is 1.36. The summed E-state index contributed by atoms with van der Waals surface area (Å²) in [5, 5.41) is -0.317. The number of thioether (sulfide) groups is 1. The molecule has 1 heterocycles. The monoisotopic (exact) mass is 539 g/mol. The summed E-state index contributed by atoms with van der Waals surface area (Å²) in [6, 6.07) is 22.6. The van der Waals surface area contributed by atoms with E-state index < -0.39 is 0 Å². The Bertz CT molecular complexity index is 1210. The van der Waals surface area contributed by atoms with Crippen LogP contribution in [0.3, 0.4) is 0 Å². The molecule has 0 aliphatic carbocycles. The molecule has 0 aromatic heterocycles. The van der Waals surface area contributed by atoms with Gasteiger partial charge in [-0.25, -0.2) is 0 Å². The summed E-state index contributed by atoms with van der Waals surface area (Å²) in [6.07, 6.45) is 1.71. The van der Waals surface area contributed by atoms with E-state index in [9.17, 15) is 9.59 Å². The zero-order chi connectivity index (χ0) is 23.9. The lowest BCUT2D eigenvalue weighted by molar-refractivity contribution is -0.123. The minimum atomic E-state index is -0.334. The van der Waals surface area contributed by atoms with Gasteiger partial charge in [-0.1, -0.05) is 52.3 Å². The molecule has 0 unspecified atom stereocenters. The number of hydrogen-bond acceptors (Lipinski definition) is 6. The van der Waals surface area contributed by atoms with E-state index in [0.29, 0.717) is 28.8 Å². The number of carbonyl (C=O) groups excluding carboxylic acids is 2. The van der Waals surface area contributed by atoms with E-state index in [1.807, 2.05) is 60.7 Å². The molecule has 1 aliphatic heterocycles. The Morgan fingerprint density at radius 2 is 1.71 bits per heavy atom. The van der Waals surface area contributed by atoms with E-state index in [4.69, 9.17) is 14.2 Å². The van der Waals surface area contributed by atoms with Crippen LogP contribution >= 0.6 is 27.7 Å². The van der Waals surface area contributed by atoms with Crippen LogP contribution < -0.4 is 14.2 Å². The molecule has 0 N–H and O–H groups in total. The van der Waals surface area contributed by atoms with Crippen molar-refractivity contribution >= 4 is 44.9 Å². The number of imide groups is 1. The fourth-order valence-corrected chi connectivity index (χ4v) is 4.40. The van der Waals surface area contributed by atoms with Crippen LogP contribution in [0.5, 0.6) is 17.2 Å². The number of nitrogens with zero attached hydrogens (tertiary/aromatic N) is 1. The Morgan fingerprint density at radius 3 is 2.47 bits per heavy atom. The number of methoxy groups -OCH3 is 1. The summed E-state index contributed by atoms with van der Waals surface area (Å²) in [6.45, 7) is 0.751. The molecule has 4 rings (SSSR count). The average molecular weight is 540 g/mol. The highest BCUT2D eigenvalue weighted by atomic mass is 79.9. The minimum Gasteiger partial charge on any atom is -0.493 e. The Hall–Kier alpha value is -3.23. The van der Waals surface area contributed by atoms with Gasteiger partial charge in [-0.15, -0.1) is 0 Å². The molecule has 6 nitrogen and oxygen atoms in total. The maximum atomic E-state index is 12.8. The molecule has 2 amide bonds. The fourth-order valence-electron chi connectivity index (χ4n) is 3.27. The van der Waals surface area contributed by atoms with Crippen molar-refractivity contribution in [3.8, 4) is 17.2 Å². The lowest BCUT2D eigenvalue weighted by atomic mass is 10.2. The van der Waals surface area contributed by atoms with Crippen molar-refractivity contribution in [2.24, 2.45) is 0 Å². The fraction of sp³-hybridized carbons (Fsp3) is 0.154. The van der Waals surface area contributed by atoms with Gasteiger partial charge in [0.25, 0.3) is 11.1 Å². The molecule has 3 aromatic carbocycles. The van der Waals surface area contributed by atoms with Gasteiger partial charge in [-0.3, -0.25) is 14.5 Å². The lowest BCUT2D eigenvalue weighted by Crippen LogP contribution is -2.32. The second-order valence-corrected chi connectivity index (χ2v) is 9.23. The SMILES string of the molecule is COc1ccccc1OCCN1C(=O)S/C(=C\c2cccc(OCc3ccc(Br)cc3)c2)C1=O. The number of halogens is 1. The highest BCUT2D eigenvalue weighted by Gasteiger charge is 2.34. The average Bonchev–Trinajstić information content (AvgIpc) is 3.11. The summed E-state index contributed by atoms with van der Waals surface area (Å²) in [5.74, 6) is 1.51. The predicted molar refractivity (Wildman–Crippen MR) is 136 cm³/mol. The van der Waals surface area contributed by atoms with Gasteiger partial charge in [-0.05, 0) is 65.4 Å². The quantitative estimate of drug-likeness (QED) is 0.304. The number of hydrogen-bond donors (Lipinski definition) is 0. The van der Waals surface area contributed by atoms with Gasteiger partial charge in [0.2, 0.25) is 0 Å². The summed E-state index contributed by atoms with van der Waals surface area (Å²) < 4.78 is 17.9. The molecule has 174 valence electrons. The van der Waals surface area contributed by atoms with Crippen molar-refractivity contribution < 1.29 is 23.8 Å². The van der Waals surface area contributed by atoms with Gasteiger partial charge in [-0.2, -0.15) is 0 Å². The molecule has 0 bridgehead atoms. The second kappa shape index (κ2) is 11.3. The minimum absolute atomic E-state index is 0.149. The van der Waals surface area contributed by atoms with Crippen molar-refractivity contribution in [2.75, 3.05) is 20.3 Å². The van der Waals surface area contributed by atoms with Crippen LogP contribution in [0, 0.1) is 0 Å². The van der Waals surface area contributed by atoms with Gasteiger partial charge in [0.1, 0.15) is 19.0 Å². The lowest BCUT2D eigenvalue weighted by Gasteiger charge is -2.14. The first-order chi connectivity index (χ1) is 16.5. The number of ether oxygens (including phenoxy) is 3. The number of carbonyl (C=O) groups is 2. The van der Waals surface area contributed by atoms with Crippen molar-refractivity contribution in [1.82, 2.24) is 4.90 Å². The third kappa shape index (κ3) is 6.01. The van der Waals surface area contributed by atoms with E-state index in [1.165, 1.54) is 4.90 Å². The highest BCUT2D eigenvalue weighted by Crippen LogP contribution is 2.33. The normalized spacial score (nSPS) is 14.5. The first kappa shape index (κ1) is 23.9. The van der Waals surface area contributed by atoms with Gasteiger partial charge in [0, 0.05) is 4.47 Å². The van der Waals surface area contributed by atoms with Crippen LogP contribution in [0.25, 0.3) is 6.08 Å². The molecular weight excluding hydrogens is 518 g/mol. The molecule has 1 aliphatic rings. The molecular formula is C26H22BrNO5S. The van der Waals surface area contributed by atoms with Gasteiger partial charge >= 0.3 is 0 Å². The van der Waals surface area contributed by atoms with Crippen LogP contribution in [-0.4, -0.2) is 36.3 Å². The maximum Gasteiger partial charge on any atom is 0.293 e. The zero-order valence-corrected chi connectivity index (χ0v) is 20.8. The van der Waals surface area contributed by atoms with Gasteiger partial charge < -0.3 is 14.2 Å². The summed E-state index contributed by atoms with van der Waals surface area (Å²) in [7, 11) is 1.56. The van der Waals surface area contributed by atoms with Crippen molar-refractivity contribution in [3.63, 3.8) is 0 Å². The summed E-state index contributed by atoms with van der Waals surface area (Å²) in [5.41, 5.74) is 1.83. The Kier molecular flexibility index (Phi) is 7.92. The highest BCUT2D eigenvalue weighted by molar-refractivity contribution is 9.10. The second-order valence-electron chi connectivity index (χ2n) is 7.32. The van der Waals surface area contributed by atoms with E-state index >= 15 is 0 Å². The summed E-state index contributed by atoms with van der Waals surface area (Å²) in [4.78, 5) is 26.8. The third-order valence-electron chi connectivity index (χ3n) is 4.99. The van der Waals surface area contributed by atoms with Crippen LogP contribution in [0.1, 0.15) is 11.1 Å². The van der Waals surface area contributed by atoms with E-state index in [0.717, 1.165) is 27.4 Å². The Labute approximate surface area is 210 Å². The first-order valence-corrected chi connectivity index (χ1v) is 12.1. The molecule has 0 spiro atoms. The molecule has 34 heavy (non-hydrogen) atoms. The van der Waals surface area contributed by atoms with Gasteiger partial charge in [0.05, 0.1) is 18.6 Å². The van der Waals surface area contributed by atoms with Crippen LogP contribution in [0.4, 0.5) is 4.79 Å². The topological polar surface area (TPSA) is 65.1 Å². The Morgan fingerprint density at radius 1 is 0.941 bits per heavy atom. The number of amides is 2. The van der Waals surface area contributed by atoms with Crippen molar-refractivity contribution in [1.29, 1.82) is 0 Å². The van der Waals surface area contributed by atoms with E-state index in [1.54, 1.807) is 25.3 Å². The van der Waals surface area contributed by atoms with Crippen LogP contribution in [-0.2, 0) is 11.4 Å². The standard InChI is InChI=1S/C26H22BrNO5S/c1-31-22-7-2-3-8-23(22)32-14-13-28-25(29)24(34-26(28)30)16-19-5-4-6-21(15-19)33-17-18-9-11-20(27)12-10-18/h2-12,15-16H,13-14,17H2,1H3/b24-16-. The largest absolute Gasteiger partial charge is 0.493 e. The predicted octanol–water partition coefficient (Wildman–Crippen LogP) is 6.15. The number of para-hydroxylation sites is 2. The van der Waals surface area contributed by atoms with Crippen molar-refractivity contribution in [2.45, 2.75) is 6.61 Å². The molecule has 8 heteroatoms. The number of benzene rings is 3. The number of rotatable bonds is 9. The van der Waals surface area contributed by atoms with E-state index in [-0.39, 0.29) is 24.3 Å². The third-order valence-corrected chi connectivity index (χ3v) is 6.43. The first-order valence-electron chi connectivity index (χ1n) is 10.5. The van der Waals surface area contributed by atoms with E-state index in [2.05, 4.69) is 15.9 Å². The van der Waals surface area contributed by atoms with Crippen molar-refractivity contribution in [3.05, 3.63) is 93.3 Å². The molecule has 1 fully saturated rings.